The van der Waals surface area contributed by atoms with Gasteiger partial charge in [-0.3, -0.25) is 5.84 Å². The van der Waals surface area contributed by atoms with E-state index in [9.17, 15) is 4.39 Å². The Bertz CT molecular complexity index is 645. The number of nitrogen functional groups attached to an aromatic ring is 1. The molecule has 1 atom stereocenters. The molecule has 5 heteroatoms. The number of halogens is 1. The highest BCUT2D eigenvalue weighted by Gasteiger charge is 2.19. The van der Waals surface area contributed by atoms with Crippen molar-refractivity contribution < 1.29 is 9.13 Å². The van der Waals surface area contributed by atoms with Crippen LogP contribution in [0, 0.1) is 5.82 Å². The Morgan fingerprint density at radius 1 is 1.20 bits per heavy atom. The van der Waals surface area contributed by atoms with Crippen molar-refractivity contribution in [1.29, 1.82) is 0 Å². The zero-order chi connectivity index (χ0) is 14.1. The third-order valence-corrected chi connectivity index (χ3v) is 3.57. The quantitative estimate of drug-likeness (QED) is 0.453. The maximum absolute atomic E-state index is 13.4. The smallest absolute Gasteiger partial charge is 0.123 e. The molecule has 0 aliphatic carbocycles. The summed E-state index contributed by atoms with van der Waals surface area (Å²) < 4.78 is 18.9. The van der Waals surface area contributed by atoms with Gasteiger partial charge in [0, 0.05) is 17.7 Å². The molecule has 20 heavy (non-hydrogen) atoms. The van der Waals surface area contributed by atoms with Crippen LogP contribution < -0.4 is 21.7 Å². The first kappa shape index (κ1) is 12.9. The van der Waals surface area contributed by atoms with Crippen LogP contribution in [0.15, 0.2) is 36.4 Å². The van der Waals surface area contributed by atoms with Gasteiger partial charge in [-0.15, -0.1) is 0 Å². The number of nitrogens with one attached hydrogen (secondary N) is 1. The standard InChI is InChI=1S/C15H16FN3O/c16-11-2-3-13(17)12(8-11)15(19-18)10-1-4-14-9(7-10)5-6-20-14/h1-4,7-8,15,19H,5-6,17-18H2. The van der Waals surface area contributed by atoms with Gasteiger partial charge in [0.05, 0.1) is 12.6 Å². The van der Waals surface area contributed by atoms with Gasteiger partial charge < -0.3 is 10.5 Å². The van der Waals surface area contributed by atoms with E-state index in [1.165, 1.54) is 12.1 Å². The van der Waals surface area contributed by atoms with Crippen molar-refractivity contribution >= 4 is 5.69 Å². The van der Waals surface area contributed by atoms with Gasteiger partial charge in [-0.1, -0.05) is 12.1 Å². The van der Waals surface area contributed by atoms with E-state index in [0.717, 1.165) is 23.3 Å². The monoisotopic (exact) mass is 273 g/mol. The summed E-state index contributed by atoms with van der Waals surface area (Å²) in [5.74, 6) is 6.21. The first-order chi connectivity index (χ1) is 9.69. The lowest BCUT2D eigenvalue weighted by Crippen LogP contribution is -2.29. The number of anilines is 1. The maximum atomic E-state index is 13.4. The fraction of sp³-hybridized carbons (Fsp3) is 0.200. The largest absolute Gasteiger partial charge is 0.493 e. The van der Waals surface area contributed by atoms with Crippen molar-refractivity contribution in [2.75, 3.05) is 12.3 Å². The molecule has 1 unspecified atom stereocenters. The van der Waals surface area contributed by atoms with Gasteiger partial charge >= 0.3 is 0 Å². The number of hydrazine groups is 1. The van der Waals surface area contributed by atoms with Crippen LogP contribution in [0.4, 0.5) is 10.1 Å². The van der Waals surface area contributed by atoms with E-state index in [1.807, 2.05) is 18.2 Å². The van der Waals surface area contributed by atoms with Crippen LogP contribution >= 0.6 is 0 Å². The second-order valence-corrected chi connectivity index (χ2v) is 4.84. The van der Waals surface area contributed by atoms with Gasteiger partial charge in [-0.2, -0.15) is 0 Å². The minimum Gasteiger partial charge on any atom is -0.493 e. The lowest BCUT2D eigenvalue weighted by molar-refractivity contribution is 0.357. The number of rotatable bonds is 3. The molecule has 3 rings (SSSR count). The Morgan fingerprint density at radius 2 is 2.05 bits per heavy atom. The summed E-state index contributed by atoms with van der Waals surface area (Å²) in [6.45, 7) is 0.696. The first-order valence-electron chi connectivity index (χ1n) is 6.45. The number of benzene rings is 2. The Labute approximate surface area is 116 Å². The van der Waals surface area contributed by atoms with Crippen molar-refractivity contribution in [3.63, 3.8) is 0 Å². The molecule has 0 saturated carbocycles. The van der Waals surface area contributed by atoms with Gasteiger partial charge in [0.15, 0.2) is 0 Å². The topological polar surface area (TPSA) is 73.3 Å². The second kappa shape index (κ2) is 5.11. The van der Waals surface area contributed by atoms with Crippen molar-refractivity contribution in [3.05, 3.63) is 58.9 Å². The Hall–Kier alpha value is -2.11. The number of fused-ring (bicyclic) bond motifs is 1. The minimum atomic E-state index is -0.350. The molecule has 5 N–H and O–H groups in total. The van der Waals surface area contributed by atoms with E-state index in [0.29, 0.717) is 17.9 Å². The first-order valence-corrected chi connectivity index (χ1v) is 6.45. The molecule has 1 aliphatic heterocycles. The van der Waals surface area contributed by atoms with Crippen LogP contribution in [0.1, 0.15) is 22.7 Å². The summed E-state index contributed by atoms with van der Waals surface area (Å²) in [6, 6.07) is 9.79. The lowest BCUT2D eigenvalue weighted by atomic mass is 9.95. The Morgan fingerprint density at radius 3 is 2.85 bits per heavy atom. The van der Waals surface area contributed by atoms with Crippen LogP contribution in [0.2, 0.25) is 0 Å². The molecule has 1 heterocycles. The van der Waals surface area contributed by atoms with Gasteiger partial charge in [0.1, 0.15) is 11.6 Å². The molecule has 2 aromatic rings. The van der Waals surface area contributed by atoms with E-state index in [-0.39, 0.29) is 11.9 Å². The van der Waals surface area contributed by atoms with Gasteiger partial charge in [-0.05, 0) is 35.4 Å². The van der Waals surface area contributed by atoms with Crippen LogP contribution in [0.5, 0.6) is 5.75 Å². The zero-order valence-corrected chi connectivity index (χ0v) is 10.9. The number of ether oxygens (including phenoxy) is 1. The average molecular weight is 273 g/mol. The van der Waals surface area contributed by atoms with Crippen molar-refractivity contribution in [2.24, 2.45) is 5.84 Å². The summed E-state index contributed by atoms with van der Waals surface area (Å²) in [5, 5.41) is 0. The van der Waals surface area contributed by atoms with Crippen LogP contribution in [-0.4, -0.2) is 6.61 Å². The third kappa shape index (κ3) is 2.21. The zero-order valence-electron chi connectivity index (χ0n) is 10.9. The molecule has 0 amide bonds. The maximum Gasteiger partial charge on any atom is 0.123 e. The van der Waals surface area contributed by atoms with Crippen LogP contribution in [0.3, 0.4) is 0 Å². The fourth-order valence-corrected chi connectivity index (χ4v) is 2.55. The molecule has 0 radical (unpaired) electrons. The molecule has 1 aliphatic rings. The third-order valence-electron chi connectivity index (χ3n) is 3.57. The molecule has 2 aromatic carbocycles. The van der Waals surface area contributed by atoms with E-state index in [1.54, 1.807) is 6.07 Å². The van der Waals surface area contributed by atoms with Crippen molar-refractivity contribution in [1.82, 2.24) is 5.43 Å². The second-order valence-electron chi connectivity index (χ2n) is 4.84. The molecule has 0 aromatic heterocycles. The number of nitrogens with two attached hydrogens (primary N) is 2. The highest BCUT2D eigenvalue weighted by Crippen LogP contribution is 2.32. The highest BCUT2D eigenvalue weighted by atomic mass is 19.1. The number of hydrogen-bond acceptors (Lipinski definition) is 4. The summed E-state index contributed by atoms with van der Waals surface area (Å²) >= 11 is 0. The normalized spacial score (nSPS) is 14.7. The van der Waals surface area contributed by atoms with E-state index >= 15 is 0 Å². The summed E-state index contributed by atoms with van der Waals surface area (Å²) in [4.78, 5) is 0. The predicted octanol–water partition coefficient (Wildman–Crippen LogP) is 1.90. The highest BCUT2D eigenvalue weighted by molar-refractivity contribution is 5.53. The molecule has 4 nitrogen and oxygen atoms in total. The predicted molar refractivity (Wildman–Crippen MR) is 75.6 cm³/mol. The fourth-order valence-electron chi connectivity index (χ4n) is 2.55. The van der Waals surface area contributed by atoms with E-state index in [4.69, 9.17) is 16.3 Å². The molecule has 0 spiro atoms. The van der Waals surface area contributed by atoms with Crippen molar-refractivity contribution in [2.45, 2.75) is 12.5 Å². The minimum absolute atomic E-state index is 0.334. The van der Waals surface area contributed by atoms with Gasteiger partial charge in [0.25, 0.3) is 0 Å². The van der Waals surface area contributed by atoms with Crippen LogP contribution in [-0.2, 0) is 6.42 Å². The molecule has 0 saturated heterocycles. The van der Waals surface area contributed by atoms with E-state index in [2.05, 4.69) is 5.43 Å². The number of hydrogen-bond donors (Lipinski definition) is 3. The van der Waals surface area contributed by atoms with E-state index < -0.39 is 0 Å². The molecular weight excluding hydrogens is 257 g/mol. The molecule has 104 valence electrons. The van der Waals surface area contributed by atoms with Gasteiger partial charge in [0.2, 0.25) is 0 Å². The molecular formula is C15H16FN3O. The van der Waals surface area contributed by atoms with Crippen LogP contribution in [0.25, 0.3) is 0 Å². The molecule has 0 bridgehead atoms. The Balaban J connectivity index is 2.03. The average Bonchev–Trinajstić information content (AvgIpc) is 2.91. The van der Waals surface area contributed by atoms with Gasteiger partial charge in [-0.25, -0.2) is 9.82 Å². The Kier molecular flexibility index (Phi) is 3.30. The summed E-state index contributed by atoms with van der Waals surface area (Å²) in [7, 11) is 0. The summed E-state index contributed by atoms with van der Waals surface area (Å²) in [6.07, 6.45) is 0.874. The summed E-state index contributed by atoms with van der Waals surface area (Å²) in [5.41, 5.74) is 11.8. The SMILES string of the molecule is NNC(c1ccc2c(c1)CCO2)c1cc(F)ccc1N. The lowest BCUT2D eigenvalue weighted by Gasteiger charge is -2.19. The van der Waals surface area contributed by atoms with Crippen molar-refractivity contribution in [3.8, 4) is 5.75 Å². The molecule has 0 fully saturated rings.